The van der Waals surface area contributed by atoms with Crippen LogP contribution < -0.4 is 5.73 Å². The molecule has 0 aliphatic carbocycles. The Morgan fingerprint density at radius 2 is 1.58 bits per heavy atom. The zero-order valence-corrected chi connectivity index (χ0v) is 11.2. The number of hydrogen-bond acceptors (Lipinski definition) is 1. The van der Waals surface area contributed by atoms with Gasteiger partial charge in [0.15, 0.2) is 0 Å². The molecule has 0 aliphatic rings. The summed E-state index contributed by atoms with van der Waals surface area (Å²) in [5.74, 6) is 0. The molecule has 0 bridgehead atoms. The highest BCUT2D eigenvalue weighted by Gasteiger charge is 1.98. The fourth-order valence-electron chi connectivity index (χ4n) is 1.96. The molecule has 1 nitrogen and oxygen atoms in total. The zero-order valence-electron chi connectivity index (χ0n) is 11.2. The van der Waals surface area contributed by atoms with Crippen molar-refractivity contribution in [3.8, 4) is 11.1 Å². The fraction of sp³-hybridized carbons (Fsp3) is 0.111. The van der Waals surface area contributed by atoms with Gasteiger partial charge in [-0.2, -0.15) is 0 Å². The van der Waals surface area contributed by atoms with Gasteiger partial charge in [-0.15, -0.1) is 0 Å². The molecule has 0 aromatic heterocycles. The second kappa shape index (κ2) is 6.60. The van der Waals surface area contributed by atoms with Gasteiger partial charge in [-0.25, -0.2) is 0 Å². The first-order chi connectivity index (χ1) is 9.29. The Hall–Kier alpha value is -2.28. The molecule has 19 heavy (non-hydrogen) atoms. The Bertz CT molecular complexity index is 562. The molecule has 0 saturated heterocycles. The number of allylic oxidation sites excluding steroid dienone is 4. The van der Waals surface area contributed by atoms with Crippen LogP contribution >= 0.6 is 0 Å². The fourth-order valence-corrected chi connectivity index (χ4v) is 1.96. The van der Waals surface area contributed by atoms with E-state index in [-0.39, 0.29) is 0 Å². The second-order valence-corrected chi connectivity index (χ2v) is 4.51. The smallest absolute Gasteiger partial charge is 0.0125 e. The molecule has 96 valence electrons. The predicted molar refractivity (Wildman–Crippen MR) is 82.7 cm³/mol. The van der Waals surface area contributed by atoms with Crippen molar-refractivity contribution in [2.24, 2.45) is 5.73 Å². The van der Waals surface area contributed by atoms with E-state index < -0.39 is 0 Å². The van der Waals surface area contributed by atoms with Gasteiger partial charge in [0, 0.05) is 12.1 Å². The van der Waals surface area contributed by atoms with Crippen LogP contribution in [-0.2, 0) is 6.42 Å². The van der Waals surface area contributed by atoms with Crippen LogP contribution in [0.15, 0.2) is 78.5 Å². The van der Waals surface area contributed by atoms with E-state index in [1.807, 2.05) is 31.2 Å². The first-order valence-electron chi connectivity index (χ1n) is 6.51. The van der Waals surface area contributed by atoms with Crippen LogP contribution in [0.1, 0.15) is 12.5 Å². The molecule has 0 amide bonds. The number of nitrogens with two attached hydrogens (primary N) is 1. The van der Waals surface area contributed by atoms with E-state index in [1.54, 1.807) is 0 Å². The second-order valence-electron chi connectivity index (χ2n) is 4.51. The summed E-state index contributed by atoms with van der Waals surface area (Å²) in [6.07, 6.45) is 6.68. The molecule has 0 fully saturated rings. The standard InChI is InChI=1S/C18H19N/c1-2-3-9-18(19)14-15-10-12-17(13-11-15)16-7-5-4-6-8-16/h2-13H,14,19H2,1H3/b3-2-,18-9-. The summed E-state index contributed by atoms with van der Waals surface area (Å²) in [6, 6.07) is 19.0. The van der Waals surface area contributed by atoms with E-state index in [1.165, 1.54) is 16.7 Å². The average Bonchev–Trinajstić information content (AvgIpc) is 2.47. The Morgan fingerprint density at radius 3 is 2.21 bits per heavy atom. The van der Waals surface area contributed by atoms with Crippen molar-refractivity contribution in [1.82, 2.24) is 0 Å². The highest BCUT2D eigenvalue weighted by molar-refractivity contribution is 5.63. The van der Waals surface area contributed by atoms with E-state index >= 15 is 0 Å². The number of benzene rings is 2. The molecule has 2 aromatic carbocycles. The summed E-state index contributed by atoms with van der Waals surface area (Å²) < 4.78 is 0. The van der Waals surface area contributed by atoms with Gasteiger partial charge in [0.1, 0.15) is 0 Å². The molecule has 0 spiro atoms. The summed E-state index contributed by atoms with van der Waals surface area (Å²) in [6.45, 7) is 1.98. The van der Waals surface area contributed by atoms with Crippen LogP contribution in [0, 0.1) is 0 Å². The van der Waals surface area contributed by atoms with Crippen LogP contribution in [0.4, 0.5) is 0 Å². The molecule has 0 aliphatic heterocycles. The van der Waals surface area contributed by atoms with Crippen LogP contribution in [0.3, 0.4) is 0 Å². The van der Waals surface area contributed by atoms with E-state index in [0.717, 1.165) is 12.1 Å². The maximum absolute atomic E-state index is 5.95. The molecule has 2 rings (SSSR count). The lowest BCUT2D eigenvalue weighted by Gasteiger charge is -2.05. The molecule has 0 heterocycles. The van der Waals surface area contributed by atoms with Gasteiger partial charge in [0.05, 0.1) is 0 Å². The monoisotopic (exact) mass is 249 g/mol. The highest BCUT2D eigenvalue weighted by Crippen LogP contribution is 2.19. The molecule has 0 unspecified atom stereocenters. The molecular formula is C18H19N. The van der Waals surface area contributed by atoms with Crippen molar-refractivity contribution < 1.29 is 0 Å². The van der Waals surface area contributed by atoms with Crippen molar-refractivity contribution in [3.05, 3.63) is 84.1 Å². The highest BCUT2D eigenvalue weighted by atomic mass is 14.6. The maximum atomic E-state index is 5.95. The minimum atomic E-state index is 0.791. The Labute approximate surface area is 115 Å². The molecule has 2 aromatic rings. The van der Waals surface area contributed by atoms with E-state index in [9.17, 15) is 0 Å². The third kappa shape index (κ3) is 3.85. The van der Waals surface area contributed by atoms with Crippen LogP contribution in [0.2, 0.25) is 0 Å². The minimum absolute atomic E-state index is 0.791. The third-order valence-electron chi connectivity index (χ3n) is 2.97. The average molecular weight is 249 g/mol. The van der Waals surface area contributed by atoms with E-state index in [4.69, 9.17) is 5.73 Å². The van der Waals surface area contributed by atoms with E-state index in [0.29, 0.717) is 0 Å². The summed E-state index contributed by atoms with van der Waals surface area (Å²) in [7, 11) is 0. The number of rotatable bonds is 4. The van der Waals surface area contributed by atoms with Gasteiger partial charge in [0.2, 0.25) is 0 Å². The lowest BCUT2D eigenvalue weighted by Crippen LogP contribution is -2.00. The van der Waals surface area contributed by atoms with Gasteiger partial charge >= 0.3 is 0 Å². The summed E-state index contributed by atoms with van der Waals surface area (Å²) in [4.78, 5) is 0. The molecule has 0 radical (unpaired) electrons. The SMILES string of the molecule is C/C=C\C=C(/N)Cc1ccc(-c2ccccc2)cc1. The lowest BCUT2D eigenvalue weighted by atomic mass is 10.0. The minimum Gasteiger partial charge on any atom is -0.402 e. The predicted octanol–water partition coefficient (Wildman–Crippen LogP) is 4.31. The van der Waals surface area contributed by atoms with Gasteiger partial charge in [-0.05, 0) is 29.7 Å². The van der Waals surface area contributed by atoms with Crippen molar-refractivity contribution >= 4 is 0 Å². The topological polar surface area (TPSA) is 26.0 Å². The zero-order chi connectivity index (χ0) is 13.5. The van der Waals surface area contributed by atoms with Crippen LogP contribution in [0.25, 0.3) is 11.1 Å². The normalized spacial score (nSPS) is 11.9. The molecule has 1 heteroatoms. The van der Waals surface area contributed by atoms with E-state index in [2.05, 4.69) is 48.5 Å². The van der Waals surface area contributed by atoms with Crippen molar-refractivity contribution in [2.45, 2.75) is 13.3 Å². The van der Waals surface area contributed by atoms with Gasteiger partial charge in [0.25, 0.3) is 0 Å². The molecule has 2 N–H and O–H groups in total. The van der Waals surface area contributed by atoms with Crippen LogP contribution in [-0.4, -0.2) is 0 Å². The third-order valence-corrected chi connectivity index (χ3v) is 2.97. The van der Waals surface area contributed by atoms with Gasteiger partial charge in [-0.1, -0.05) is 66.7 Å². The van der Waals surface area contributed by atoms with Gasteiger partial charge < -0.3 is 5.73 Å². The quantitative estimate of drug-likeness (QED) is 0.803. The number of hydrogen-bond donors (Lipinski definition) is 1. The Kier molecular flexibility index (Phi) is 4.57. The first-order valence-corrected chi connectivity index (χ1v) is 6.51. The Balaban J connectivity index is 2.11. The first kappa shape index (κ1) is 13.2. The Morgan fingerprint density at radius 1 is 0.947 bits per heavy atom. The van der Waals surface area contributed by atoms with Crippen LogP contribution in [0.5, 0.6) is 0 Å². The summed E-state index contributed by atoms with van der Waals surface area (Å²) >= 11 is 0. The van der Waals surface area contributed by atoms with Crippen molar-refractivity contribution in [2.75, 3.05) is 0 Å². The summed E-state index contributed by atoms with van der Waals surface area (Å²) in [5.41, 5.74) is 10.5. The van der Waals surface area contributed by atoms with Crippen molar-refractivity contribution in [3.63, 3.8) is 0 Å². The van der Waals surface area contributed by atoms with Crippen molar-refractivity contribution in [1.29, 1.82) is 0 Å². The largest absolute Gasteiger partial charge is 0.402 e. The maximum Gasteiger partial charge on any atom is 0.0125 e. The molecule has 0 saturated carbocycles. The molecular weight excluding hydrogens is 230 g/mol. The summed E-state index contributed by atoms with van der Waals surface area (Å²) in [5, 5.41) is 0. The lowest BCUT2D eigenvalue weighted by molar-refractivity contribution is 1.11. The van der Waals surface area contributed by atoms with Gasteiger partial charge in [-0.3, -0.25) is 0 Å². The molecule has 0 atom stereocenters.